The third-order valence-corrected chi connectivity index (χ3v) is 3.93. The van der Waals surface area contributed by atoms with Gasteiger partial charge in [-0.25, -0.2) is 0 Å². The van der Waals surface area contributed by atoms with Gasteiger partial charge < -0.3 is 5.32 Å². The average Bonchev–Trinajstić information content (AvgIpc) is 2.96. The molecule has 1 heterocycles. The highest BCUT2D eigenvalue weighted by atomic mass is 14.9. The molecule has 0 radical (unpaired) electrons. The van der Waals surface area contributed by atoms with Gasteiger partial charge in [0.2, 0.25) is 0 Å². The van der Waals surface area contributed by atoms with E-state index in [2.05, 4.69) is 40.4 Å². The lowest BCUT2D eigenvalue weighted by molar-refractivity contribution is 0.584. The summed E-state index contributed by atoms with van der Waals surface area (Å²) in [5, 5.41) is 3.59. The molecule has 0 amide bonds. The van der Waals surface area contributed by atoms with Crippen molar-refractivity contribution in [1.82, 2.24) is 15.3 Å². The van der Waals surface area contributed by atoms with Crippen molar-refractivity contribution in [1.29, 1.82) is 0 Å². The van der Waals surface area contributed by atoms with Crippen molar-refractivity contribution in [3.8, 4) is 0 Å². The van der Waals surface area contributed by atoms with Crippen molar-refractivity contribution in [3.63, 3.8) is 0 Å². The largest absolute Gasteiger partial charge is 0.305 e. The van der Waals surface area contributed by atoms with Crippen LogP contribution in [0.2, 0.25) is 0 Å². The van der Waals surface area contributed by atoms with Crippen LogP contribution in [-0.2, 0) is 12.8 Å². The molecule has 1 atom stereocenters. The zero-order chi connectivity index (χ0) is 13.8. The first-order valence-corrected chi connectivity index (χ1v) is 7.49. The van der Waals surface area contributed by atoms with Crippen LogP contribution in [0.5, 0.6) is 0 Å². The lowest BCUT2D eigenvalue weighted by atomic mass is 9.99. The van der Waals surface area contributed by atoms with E-state index in [9.17, 15) is 0 Å². The van der Waals surface area contributed by atoms with Crippen LogP contribution < -0.4 is 5.32 Å². The van der Waals surface area contributed by atoms with Crippen molar-refractivity contribution in [2.45, 2.75) is 38.6 Å². The summed E-state index contributed by atoms with van der Waals surface area (Å²) in [6.07, 6.45) is 10.2. The molecular formula is C17H21N3. The van der Waals surface area contributed by atoms with Crippen LogP contribution in [-0.4, -0.2) is 16.5 Å². The maximum atomic E-state index is 4.48. The fourth-order valence-corrected chi connectivity index (χ4v) is 2.91. The van der Waals surface area contributed by atoms with E-state index >= 15 is 0 Å². The summed E-state index contributed by atoms with van der Waals surface area (Å²) in [6, 6.07) is 7.03. The second kappa shape index (κ2) is 6.14. The fourth-order valence-electron chi connectivity index (χ4n) is 2.91. The predicted octanol–water partition coefficient (Wildman–Crippen LogP) is 3.05. The Morgan fingerprint density at radius 3 is 2.90 bits per heavy atom. The van der Waals surface area contributed by atoms with Crippen LogP contribution in [0.25, 0.3) is 0 Å². The number of nitrogens with zero attached hydrogens (tertiary/aromatic N) is 2. The zero-order valence-electron chi connectivity index (χ0n) is 12.0. The SMILES string of the molecule is CCCNC(c1ccc2c(c1)CCC2)c1cnccn1. The van der Waals surface area contributed by atoms with Crippen LogP contribution in [0.4, 0.5) is 0 Å². The molecule has 104 valence electrons. The maximum absolute atomic E-state index is 4.48. The molecule has 1 N–H and O–H groups in total. The van der Waals surface area contributed by atoms with Gasteiger partial charge in [-0.2, -0.15) is 0 Å². The Labute approximate surface area is 120 Å². The van der Waals surface area contributed by atoms with Gasteiger partial charge in [0.15, 0.2) is 0 Å². The van der Waals surface area contributed by atoms with E-state index in [4.69, 9.17) is 0 Å². The molecule has 3 heteroatoms. The minimum Gasteiger partial charge on any atom is -0.305 e. The minimum absolute atomic E-state index is 0.148. The Kier molecular flexibility index (Phi) is 4.07. The van der Waals surface area contributed by atoms with Crippen LogP contribution in [0, 0.1) is 0 Å². The van der Waals surface area contributed by atoms with Crippen molar-refractivity contribution in [2.75, 3.05) is 6.54 Å². The third-order valence-electron chi connectivity index (χ3n) is 3.93. The van der Waals surface area contributed by atoms with Crippen LogP contribution in [0.3, 0.4) is 0 Å². The van der Waals surface area contributed by atoms with E-state index in [0.29, 0.717) is 0 Å². The number of hydrogen-bond acceptors (Lipinski definition) is 3. The molecule has 1 aromatic carbocycles. The topological polar surface area (TPSA) is 37.8 Å². The first-order valence-electron chi connectivity index (χ1n) is 7.49. The Morgan fingerprint density at radius 1 is 1.20 bits per heavy atom. The minimum atomic E-state index is 0.148. The van der Waals surface area contributed by atoms with Gasteiger partial charge in [0.05, 0.1) is 17.9 Å². The number of benzene rings is 1. The van der Waals surface area contributed by atoms with Gasteiger partial charge in [-0.05, 0) is 48.9 Å². The molecule has 3 nitrogen and oxygen atoms in total. The van der Waals surface area contributed by atoms with Gasteiger partial charge in [-0.3, -0.25) is 9.97 Å². The monoisotopic (exact) mass is 267 g/mol. The van der Waals surface area contributed by atoms with Gasteiger partial charge in [-0.15, -0.1) is 0 Å². The summed E-state index contributed by atoms with van der Waals surface area (Å²) in [7, 11) is 0. The Morgan fingerprint density at radius 2 is 2.10 bits per heavy atom. The summed E-state index contributed by atoms with van der Waals surface area (Å²) < 4.78 is 0. The molecule has 0 aliphatic heterocycles. The molecule has 0 saturated carbocycles. The van der Waals surface area contributed by atoms with Gasteiger partial charge in [-0.1, -0.05) is 25.1 Å². The molecular weight excluding hydrogens is 246 g/mol. The number of fused-ring (bicyclic) bond motifs is 1. The summed E-state index contributed by atoms with van der Waals surface area (Å²) in [5.41, 5.74) is 5.33. The molecule has 1 aliphatic carbocycles. The highest BCUT2D eigenvalue weighted by Gasteiger charge is 2.18. The van der Waals surface area contributed by atoms with E-state index in [1.165, 1.54) is 36.0 Å². The van der Waals surface area contributed by atoms with E-state index in [1.807, 2.05) is 6.20 Å². The molecule has 0 spiro atoms. The molecule has 1 unspecified atom stereocenters. The predicted molar refractivity (Wildman–Crippen MR) is 80.6 cm³/mol. The number of rotatable bonds is 5. The third kappa shape index (κ3) is 2.73. The van der Waals surface area contributed by atoms with Gasteiger partial charge >= 0.3 is 0 Å². The van der Waals surface area contributed by atoms with E-state index in [1.54, 1.807) is 12.4 Å². The van der Waals surface area contributed by atoms with Crippen molar-refractivity contribution < 1.29 is 0 Å². The molecule has 2 aromatic rings. The summed E-state index contributed by atoms with van der Waals surface area (Å²) in [6.45, 7) is 3.17. The number of hydrogen-bond donors (Lipinski definition) is 1. The lowest BCUT2D eigenvalue weighted by Crippen LogP contribution is -2.24. The summed E-state index contributed by atoms with van der Waals surface area (Å²) in [4.78, 5) is 8.69. The molecule has 1 aliphatic rings. The van der Waals surface area contributed by atoms with E-state index in [0.717, 1.165) is 18.7 Å². The standard InChI is InChI=1S/C17H21N3/c1-2-8-20-17(16-12-18-9-10-19-16)15-7-6-13-4-3-5-14(13)11-15/h6-7,9-12,17,20H,2-5,8H2,1H3. The Balaban J connectivity index is 1.92. The molecule has 0 fully saturated rings. The zero-order valence-corrected chi connectivity index (χ0v) is 12.0. The summed E-state index contributed by atoms with van der Waals surface area (Å²) >= 11 is 0. The Hall–Kier alpha value is -1.74. The lowest BCUT2D eigenvalue weighted by Gasteiger charge is -2.19. The Bertz CT molecular complexity index is 566. The van der Waals surface area contributed by atoms with E-state index in [-0.39, 0.29) is 6.04 Å². The van der Waals surface area contributed by atoms with Gasteiger partial charge in [0, 0.05) is 12.4 Å². The van der Waals surface area contributed by atoms with Gasteiger partial charge in [0.25, 0.3) is 0 Å². The second-order valence-corrected chi connectivity index (χ2v) is 5.40. The first-order chi connectivity index (χ1) is 9.88. The summed E-state index contributed by atoms with van der Waals surface area (Å²) in [5.74, 6) is 0. The molecule has 3 rings (SSSR count). The molecule has 0 bridgehead atoms. The highest BCUT2D eigenvalue weighted by molar-refractivity contribution is 5.38. The normalized spacial score (nSPS) is 15.1. The average molecular weight is 267 g/mol. The molecule has 1 aromatic heterocycles. The number of aryl methyl sites for hydroxylation is 2. The van der Waals surface area contributed by atoms with Gasteiger partial charge in [0.1, 0.15) is 0 Å². The smallest absolute Gasteiger partial charge is 0.0801 e. The quantitative estimate of drug-likeness (QED) is 0.904. The van der Waals surface area contributed by atoms with Crippen LogP contribution >= 0.6 is 0 Å². The van der Waals surface area contributed by atoms with Crippen LogP contribution in [0.15, 0.2) is 36.8 Å². The fraction of sp³-hybridized carbons (Fsp3) is 0.412. The van der Waals surface area contributed by atoms with Crippen molar-refractivity contribution in [2.24, 2.45) is 0 Å². The molecule has 20 heavy (non-hydrogen) atoms. The van der Waals surface area contributed by atoms with Crippen molar-refractivity contribution in [3.05, 3.63) is 59.2 Å². The maximum Gasteiger partial charge on any atom is 0.0801 e. The van der Waals surface area contributed by atoms with Crippen LogP contribution in [0.1, 0.15) is 48.2 Å². The first kappa shape index (κ1) is 13.3. The molecule has 0 saturated heterocycles. The number of aromatic nitrogens is 2. The van der Waals surface area contributed by atoms with Crippen molar-refractivity contribution >= 4 is 0 Å². The second-order valence-electron chi connectivity index (χ2n) is 5.40. The highest BCUT2D eigenvalue weighted by Crippen LogP contribution is 2.27. The van der Waals surface area contributed by atoms with E-state index < -0.39 is 0 Å². The number of nitrogens with one attached hydrogen (secondary N) is 1.